The van der Waals surface area contributed by atoms with Crippen LogP contribution < -0.4 is 15.1 Å². The highest BCUT2D eigenvalue weighted by Crippen LogP contribution is 2.28. The Morgan fingerprint density at radius 2 is 1.71 bits per heavy atom. The lowest BCUT2D eigenvalue weighted by molar-refractivity contribution is -0.126. The van der Waals surface area contributed by atoms with Crippen molar-refractivity contribution in [3.05, 3.63) is 60.8 Å². The Bertz CT molecular complexity index is 1080. The van der Waals surface area contributed by atoms with Crippen molar-refractivity contribution in [2.45, 2.75) is 25.8 Å². The second-order valence-corrected chi connectivity index (χ2v) is 8.47. The van der Waals surface area contributed by atoms with Crippen LogP contribution in [0.3, 0.4) is 0 Å². The largest absolute Gasteiger partial charge is 0.372 e. The van der Waals surface area contributed by atoms with Crippen LogP contribution in [0.4, 0.5) is 11.4 Å². The average Bonchev–Trinajstić information content (AvgIpc) is 3.54. The summed E-state index contributed by atoms with van der Waals surface area (Å²) in [6.07, 6.45) is 4.79. The second kappa shape index (κ2) is 8.46. The number of aromatic nitrogens is 1. The number of nitrogens with one attached hydrogen (secondary N) is 1. The maximum atomic E-state index is 12.7. The first-order chi connectivity index (χ1) is 15.2. The molecule has 3 aromatic rings. The normalized spacial score (nSPS) is 18.8. The van der Waals surface area contributed by atoms with Crippen molar-refractivity contribution in [2.75, 3.05) is 36.0 Å². The van der Waals surface area contributed by atoms with Crippen molar-refractivity contribution >= 4 is 34.1 Å². The van der Waals surface area contributed by atoms with Gasteiger partial charge >= 0.3 is 0 Å². The molecule has 2 aliphatic heterocycles. The molecule has 1 N–H and O–H groups in total. The number of hydrogen-bond acceptors (Lipinski definition) is 3. The molecule has 1 aromatic heterocycles. The minimum absolute atomic E-state index is 0.0190. The first-order valence-corrected chi connectivity index (χ1v) is 11.2. The van der Waals surface area contributed by atoms with Crippen molar-refractivity contribution < 1.29 is 9.59 Å². The van der Waals surface area contributed by atoms with Gasteiger partial charge in [-0.2, -0.15) is 0 Å². The molecule has 2 fully saturated rings. The number of carbonyl (C=O) groups is 2. The molecule has 2 aliphatic rings. The van der Waals surface area contributed by atoms with Crippen LogP contribution in [0.15, 0.2) is 60.8 Å². The van der Waals surface area contributed by atoms with Gasteiger partial charge in [0.05, 0.1) is 5.92 Å². The summed E-state index contributed by atoms with van der Waals surface area (Å²) in [5, 5.41) is 4.22. The van der Waals surface area contributed by atoms with E-state index in [9.17, 15) is 9.59 Å². The molecule has 2 saturated heterocycles. The van der Waals surface area contributed by atoms with E-state index in [0.717, 1.165) is 24.3 Å². The van der Waals surface area contributed by atoms with Gasteiger partial charge in [0.15, 0.2) is 0 Å². The molecular formula is C25H28N4O2. The van der Waals surface area contributed by atoms with Gasteiger partial charge in [-0.3, -0.25) is 9.59 Å². The molecule has 0 saturated carbocycles. The predicted octanol–water partition coefficient (Wildman–Crippen LogP) is 3.41. The number of benzene rings is 2. The highest BCUT2D eigenvalue weighted by molar-refractivity contribution is 6.00. The molecule has 0 bridgehead atoms. The minimum atomic E-state index is -0.299. The second-order valence-electron chi connectivity index (χ2n) is 8.47. The Labute approximate surface area is 182 Å². The molecular weight excluding hydrogens is 388 g/mol. The van der Waals surface area contributed by atoms with E-state index >= 15 is 0 Å². The van der Waals surface area contributed by atoms with Crippen molar-refractivity contribution in [1.29, 1.82) is 0 Å². The van der Waals surface area contributed by atoms with Crippen LogP contribution in [-0.4, -0.2) is 42.6 Å². The van der Waals surface area contributed by atoms with Crippen LogP contribution in [0.5, 0.6) is 0 Å². The smallest absolute Gasteiger partial charge is 0.227 e. The van der Waals surface area contributed by atoms with Crippen molar-refractivity contribution in [3.63, 3.8) is 0 Å². The number of rotatable bonds is 6. The van der Waals surface area contributed by atoms with Crippen molar-refractivity contribution in [3.8, 4) is 0 Å². The van der Waals surface area contributed by atoms with Crippen LogP contribution >= 0.6 is 0 Å². The Hall–Kier alpha value is -3.28. The number of fused-ring (bicyclic) bond motifs is 1. The Kier molecular flexibility index (Phi) is 5.37. The van der Waals surface area contributed by atoms with Crippen LogP contribution in [0.1, 0.15) is 19.3 Å². The fraction of sp³-hybridized carbons (Fsp3) is 0.360. The van der Waals surface area contributed by atoms with E-state index in [2.05, 4.69) is 45.1 Å². The first-order valence-electron chi connectivity index (χ1n) is 11.2. The number of carbonyl (C=O) groups excluding carboxylic acids is 2. The van der Waals surface area contributed by atoms with Crippen molar-refractivity contribution in [2.24, 2.45) is 5.92 Å². The molecule has 6 nitrogen and oxygen atoms in total. The molecule has 0 radical (unpaired) electrons. The molecule has 5 rings (SSSR count). The molecule has 2 amide bonds. The van der Waals surface area contributed by atoms with Gasteiger partial charge in [0.1, 0.15) is 0 Å². The van der Waals surface area contributed by atoms with Gasteiger partial charge in [0, 0.05) is 62.2 Å². The van der Waals surface area contributed by atoms with E-state index < -0.39 is 0 Å². The van der Waals surface area contributed by atoms with E-state index in [4.69, 9.17) is 0 Å². The third kappa shape index (κ3) is 4.02. The summed E-state index contributed by atoms with van der Waals surface area (Å²) < 4.78 is 2.14. The Morgan fingerprint density at radius 1 is 0.968 bits per heavy atom. The van der Waals surface area contributed by atoms with E-state index in [-0.39, 0.29) is 24.2 Å². The average molecular weight is 417 g/mol. The Morgan fingerprint density at radius 3 is 2.52 bits per heavy atom. The number of anilines is 2. The van der Waals surface area contributed by atoms with Crippen LogP contribution in [-0.2, 0) is 16.1 Å². The molecule has 1 unspecified atom stereocenters. The molecule has 1 atom stereocenters. The number of para-hydroxylation sites is 1. The van der Waals surface area contributed by atoms with Crippen LogP contribution in [0.2, 0.25) is 0 Å². The highest BCUT2D eigenvalue weighted by Gasteiger charge is 2.35. The van der Waals surface area contributed by atoms with Crippen LogP contribution in [0, 0.1) is 5.92 Å². The number of amides is 2. The van der Waals surface area contributed by atoms with Gasteiger partial charge in [0.2, 0.25) is 11.8 Å². The maximum absolute atomic E-state index is 12.7. The number of nitrogens with zero attached hydrogens (tertiary/aromatic N) is 3. The topological polar surface area (TPSA) is 57.6 Å². The lowest BCUT2D eigenvalue weighted by atomic mass is 10.1. The summed E-state index contributed by atoms with van der Waals surface area (Å²) in [6.45, 7) is 3.90. The quantitative estimate of drug-likeness (QED) is 0.670. The zero-order valence-corrected chi connectivity index (χ0v) is 17.7. The van der Waals surface area contributed by atoms with Crippen molar-refractivity contribution in [1.82, 2.24) is 9.88 Å². The summed E-state index contributed by atoms with van der Waals surface area (Å²) in [5.41, 5.74) is 3.25. The van der Waals surface area contributed by atoms with E-state index in [1.54, 1.807) is 4.90 Å². The fourth-order valence-electron chi connectivity index (χ4n) is 4.73. The third-order valence-electron chi connectivity index (χ3n) is 6.46. The summed E-state index contributed by atoms with van der Waals surface area (Å²) in [5.74, 6) is -0.321. The first kappa shape index (κ1) is 19.7. The molecule has 3 heterocycles. The molecule has 6 heteroatoms. The van der Waals surface area contributed by atoms with Gasteiger partial charge in [-0.1, -0.05) is 18.2 Å². The monoisotopic (exact) mass is 416 g/mol. The summed E-state index contributed by atoms with van der Waals surface area (Å²) >= 11 is 0. The SMILES string of the molecule is O=C(NCCn1ccc2ccccc21)C1CC(=O)N(c2ccc(N3CCCC3)cc2)C1. The molecule has 0 aliphatic carbocycles. The molecule has 160 valence electrons. The molecule has 31 heavy (non-hydrogen) atoms. The zero-order valence-electron chi connectivity index (χ0n) is 17.7. The lowest BCUT2D eigenvalue weighted by Gasteiger charge is -2.20. The van der Waals surface area contributed by atoms with E-state index in [1.807, 2.05) is 30.5 Å². The van der Waals surface area contributed by atoms with Gasteiger partial charge < -0.3 is 19.7 Å². The summed E-state index contributed by atoms with van der Waals surface area (Å²) in [6, 6.07) is 18.5. The predicted molar refractivity (Wildman–Crippen MR) is 123 cm³/mol. The minimum Gasteiger partial charge on any atom is -0.372 e. The van der Waals surface area contributed by atoms with Gasteiger partial charge in [0.25, 0.3) is 0 Å². The standard InChI is InChI=1S/C25H28N4O2/c30-24-17-20(18-29(24)22-9-7-21(8-10-22)27-13-3-4-14-27)25(31)26-12-16-28-15-11-19-5-1-2-6-23(19)28/h1-2,5-11,15,20H,3-4,12-14,16-18H2,(H,26,31). The van der Waals surface area contributed by atoms with Crippen LogP contribution in [0.25, 0.3) is 10.9 Å². The number of hydrogen-bond donors (Lipinski definition) is 1. The summed E-state index contributed by atoms with van der Waals surface area (Å²) in [7, 11) is 0. The Balaban J connectivity index is 1.16. The maximum Gasteiger partial charge on any atom is 0.227 e. The highest BCUT2D eigenvalue weighted by atomic mass is 16.2. The fourth-order valence-corrected chi connectivity index (χ4v) is 4.73. The molecule has 2 aromatic carbocycles. The molecule has 0 spiro atoms. The van der Waals surface area contributed by atoms with Gasteiger partial charge in [-0.15, -0.1) is 0 Å². The lowest BCUT2D eigenvalue weighted by Crippen LogP contribution is -2.34. The van der Waals surface area contributed by atoms with E-state index in [1.165, 1.54) is 23.9 Å². The summed E-state index contributed by atoms with van der Waals surface area (Å²) in [4.78, 5) is 29.4. The van der Waals surface area contributed by atoms with Gasteiger partial charge in [-0.05, 0) is 54.6 Å². The van der Waals surface area contributed by atoms with Gasteiger partial charge in [-0.25, -0.2) is 0 Å². The third-order valence-corrected chi connectivity index (χ3v) is 6.46. The zero-order chi connectivity index (χ0) is 21.2. The van der Waals surface area contributed by atoms with E-state index in [0.29, 0.717) is 19.6 Å².